The minimum absolute atomic E-state index is 0.177. The first-order valence-electron chi connectivity index (χ1n) is 4.69. The monoisotopic (exact) mass is 245 g/mol. The van der Waals surface area contributed by atoms with Crippen molar-refractivity contribution in [3.63, 3.8) is 0 Å². The van der Waals surface area contributed by atoms with Crippen LogP contribution in [0.15, 0.2) is 24.4 Å². The fourth-order valence-electron chi connectivity index (χ4n) is 1.73. The van der Waals surface area contributed by atoms with E-state index in [0.29, 0.717) is 15.9 Å². The second-order valence-corrected chi connectivity index (χ2v) is 4.11. The molecule has 5 heteroatoms. The van der Waals surface area contributed by atoms with E-state index in [1.807, 2.05) is 0 Å². The van der Waals surface area contributed by atoms with E-state index in [4.69, 9.17) is 16.7 Å². The summed E-state index contributed by atoms with van der Waals surface area (Å²) in [7, 11) is 1.66. The standard InChI is InChI=1S/C11H10ClF2NO/c1-15-5-9(11(13,14)6-16)8-3-2-7(12)4-10(8)15/h2-5,16H,6H2,1H3. The van der Waals surface area contributed by atoms with E-state index < -0.39 is 12.5 Å². The number of aromatic nitrogens is 1. The molecule has 0 fully saturated rings. The van der Waals surface area contributed by atoms with Crippen molar-refractivity contribution in [2.75, 3.05) is 6.61 Å². The van der Waals surface area contributed by atoms with Crippen LogP contribution in [0.4, 0.5) is 8.78 Å². The van der Waals surface area contributed by atoms with Gasteiger partial charge in [0.25, 0.3) is 5.92 Å². The van der Waals surface area contributed by atoms with Crippen LogP contribution in [0, 0.1) is 0 Å². The molecule has 0 saturated heterocycles. The van der Waals surface area contributed by atoms with Gasteiger partial charge in [0, 0.05) is 34.7 Å². The lowest BCUT2D eigenvalue weighted by molar-refractivity contribution is -0.0544. The highest BCUT2D eigenvalue weighted by Gasteiger charge is 2.33. The Hall–Kier alpha value is -1.13. The van der Waals surface area contributed by atoms with Gasteiger partial charge in [0.2, 0.25) is 0 Å². The zero-order valence-electron chi connectivity index (χ0n) is 8.54. The molecular formula is C11H10ClF2NO. The molecule has 0 aliphatic rings. The number of aliphatic hydroxyl groups is 1. The molecule has 0 amide bonds. The van der Waals surface area contributed by atoms with Gasteiger partial charge < -0.3 is 9.67 Å². The number of fused-ring (bicyclic) bond motifs is 1. The minimum Gasteiger partial charge on any atom is -0.390 e. The number of hydrogen-bond donors (Lipinski definition) is 1. The summed E-state index contributed by atoms with van der Waals surface area (Å²) in [6.07, 6.45) is 1.32. The highest BCUT2D eigenvalue weighted by Crippen LogP contribution is 2.35. The van der Waals surface area contributed by atoms with Gasteiger partial charge >= 0.3 is 0 Å². The first-order chi connectivity index (χ1) is 7.45. The molecule has 1 heterocycles. The Morgan fingerprint density at radius 2 is 2.12 bits per heavy atom. The highest BCUT2D eigenvalue weighted by atomic mass is 35.5. The Morgan fingerprint density at radius 1 is 1.44 bits per heavy atom. The molecule has 0 spiro atoms. The van der Waals surface area contributed by atoms with Gasteiger partial charge in [-0.1, -0.05) is 17.7 Å². The van der Waals surface area contributed by atoms with E-state index in [1.165, 1.54) is 12.3 Å². The summed E-state index contributed by atoms with van der Waals surface area (Å²) in [5.41, 5.74) is 0.444. The topological polar surface area (TPSA) is 25.2 Å². The zero-order valence-corrected chi connectivity index (χ0v) is 9.30. The smallest absolute Gasteiger partial charge is 0.297 e. The van der Waals surface area contributed by atoms with Crippen LogP contribution >= 0.6 is 11.6 Å². The second kappa shape index (κ2) is 3.71. The summed E-state index contributed by atoms with van der Waals surface area (Å²) in [6.45, 7) is -1.20. The maximum atomic E-state index is 13.4. The first kappa shape index (κ1) is 11.4. The molecule has 0 radical (unpaired) electrons. The van der Waals surface area contributed by atoms with Crippen LogP contribution in [0.2, 0.25) is 5.02 Å². The molecule has 0 atom stereocenters. The molecular weight excluding hydrogens is 236 g/mol. The first-order valence-corrected chi connectivity index (χ1v) is 5.07. The fraction of sp³-hybridized carbons (Fsp3) is 0.273. The number of aryl methyl sites for hydroxylation is 1. The third-order valence-corrected chi connectivity index (χ3v) is 2.78. The molecule has 2 aromatic rings. The lowest BCUT2D eigenvalue weighted by atomic mass is 10.1. The second-order valence-electron chi connectivity index (χ2n) is 3.68. The molecule has 16 heavy (non-hydrogen) atoms. The van der Waals surface area contributed by atoms with E-state index in [2.05, 4.69) is 0 Å². The largest absolute Gasteiger partial charge is 0.390 e. The van der Waals surface area contributed by atoms with Crippen LogP contribution in [0.3, 0.4) is 0 Å². The number of halogens is 3. The minimum atomic E-state index is -3.23. The Kier molecular flexibility index (Phi) is 2.64. The molecule has 0 unspecified atom stereocenters. The molecule has 2 nitrogen and oxygen atoms in total. The highest BCUT2D eigenvalue weighted by molar-refractivity contribution is 6.31. The number of rotatable bonds is 2. The SMILES string of the molecule is Cn1cc(C(F)(F)CO)c2ccc(Cl)cc21. The average molecular weight is 246 g/mol. The molecule has 0 aliphatic carbocycles. The van der Waals surface area contributed by atoms with Crippen molar-refractivity contribution in [1.29, 1.82) is 0 Å². The quantitative estimate of drug-likeness (QED) is 0.865. The lowest BCUT2D eigenvalue weighted by Crippen LogP contribution is -2.17. The number of aliphatic hydroxyl groups excluding tert-OH is 1. The van der Waals surface area contributed by atoms with E-state index in [0.717, 1.165) is 0 Å². The van der Waals surface area contributed by atoms with Crippen LogP contribution in [-0.2, 0) is 13.0 Å². The maximum absolute atomic E-state index is 13.4. The molecule has 0 bridgehead atoms. The summed E-state index contributed by atoms with van der Waals surface area (Å²) in [5, 5.41) is 9.59. The summed E-state index contributed by atoms with van der Waals surface area (Å²) in [4.78, 5) is 0. The van der Waals surface area contributed by atoms with Crippen molar-refractivity contribution in [2.45, 2.75) is 5.92 Å². The molecule has 1 N–H and O–H groups in total. The number of benzene rings is 1. The van der Waals surface area contributed by atoms with Crippen LogP contribution in [0.25, 0.3) is 10.9 Å². The predicted molar refractivity (Wildman–Crippen MR) is 58.9 cm³/mol. The van der Waals surface area contributed by atoms with Crippen molar-refractivity contribution in [1.82, 2.24) is 4.57 Å². The van der Waals surface area contributed by atoms with Gasteiger partial charge in [-0.25, -0.2) is 0 Å². The average Bonchev–Trinajstić information content (AvgIpc) is 2.57. The van der Waals surface area contributed by atoms with E-state index >= 15 is 0 Å². The molecule has 86 valence electrons. The summed E-state index contributed by atoms with van der Waals surface area (Å²) < 4.78 is 28.4. The third kappa shape index (κ3) is 1.68. The van der Waals surface area contributed by atoms with Gasteiger partial charge in [-0.05, 0) is 12.1 Å². The molecule has 0 aliphatic heterocycles. The molecule has 1 aromatic carbocycles. The number of alkyl halides is 2. The van der Waals surface area contributed by atoms with Crippen molar-refractivity contribution < 1.29 is 13.9 Å². The van der Waals surface area contributed by atoms with Crippen LogP contribution in [-0.4, -0.2) is 16.3 Å². The van der Waals surface area contributed by atoms with Gasteiger partial charge in [0.1, 0.15) is 6.61 Å². The Bertz CT molecular complexity index is 536. The molecule has 0 saturated carbocycles. The van der Waals surface area contributed by atoms with Gasteiger partial charge in [0.05, 0.1) is 0 Å². The lowest BCUT2D eigenvalue weighted by Gasteiger charge is -2.11. The van der Waals surface area contributed by atoms with Crippen LogP contribution in [0.5, 0.6) is 0 Å². The summed E-state index contributed by atoms with van der Waals surface area (Å²) >= 11 is 5.80. The van der Waals surface area contributed by atoms with Crippen LogP contribution < -0.4 is 0 Å². The maximum Gasteiger partial charge on any atom is 0.297 e. The van der Waals surface area contributed by atoms with Crippen molar-refractivity contribution in [2.24, 2.45) is 7.05 Å². The summed E-state index contributed by atoms with van der Waals surface area (Å²) in [5.74, 6) is -3.23. The normalized spacial score (nSPS) is 12.3. The van der Waals surface area contributed by atoms with Gasteiger partial charge in [0.15, 0.2) is 0 Å². The Labute approximate surface area is 96.1 Å². The Morgan fingerprint density at radius 3 is 2.75 bits per heavy atom. The fourth-order valence-corrected chi connectivity index (χ4v) is 1.90. The van der Waals surface area contributed by atoms with Gasteiger partial charge in [-0.15, -0.1) is 0 Å². The summed E-state index contributed by atoms with van der Waals surface area (Å²) in [6, 6.07) is 4.71. The molecule has 1 aromatic heterocycles. The van der Waals surface area contributed by atoms with Crippen molar-refractivity contribution >= 4 is 22.5 Å². The number of nitrogens with zero attached hydrogens (tertiary/aromatic N) is 1. The van der Waals surface area contributed by atoms with E-state index in [9.17, 15) is 8.78 Å². The zero-order chi connectivity index (χ0) is 11.9. The van der Waals surface area contributed by atoms with Crippen molar-refractivity contribution in [3.05, 3.63) is 35.0 Å². The molecule has 2 rings (SSSR count). The van der Waals surface area contributed by atoms with E-state index in [1.54, 1.807) is 23.7 Å². The van der Waals surface area contributed by atoms with Crippen LogP contribution in [0.1, 0.15) is 5.56 Å². The third-order valence-electron chi connectivity index (χ3n) is 2.55. The number of hydrogen-bond acceptors (Lipinski definition) is 1. The van der Waals surface area contributed by atoms with Gasteiger partial charge in [-0.2, -0.15) is 8.78 Å². The van der Waals surface area contributed by atoms with Gasteiger partial charge in [-0.3, -0.25) is 0 Å². The van der Waals surface area contributed by atoms with Crippen molar-refractivity contribution in [3.8, 4) is 0 Å². The Balaban J connectivity index is 2.73. The predicted octanol–water partition coefficient (Wildman–Crippen LogP) is 2.92. The van der Waals surface area contributed by atoms with E-state index in [-0.39, 0.29) is 5.56 Å².